The van der Waals surface area contributed by atoms with Gasteiger partial charge in [0.15, 0.2) is 6.33 Å². The molecule has 1 aromatic carbocycles. The molecule has 0 spiro atoms. The van der Waals surface area contributed by atoms with Crippen LogP contribution in [0.5, 0.6) is 5.75 Å². The number of nitrogens with zero attached hydrogens (tertiary/aromatic N) is 2. The fourth-order valence-corrected chi connectivity index (χ4v) is 3.24. The second kappa shape index (κ2) is 7.75. The van der Waals surface area contributed by atoms with Gasteiger partial charge in [0, 0.05) is 19.5 Å². The number of benzene rings is 1. The highest BCUT2D eigenvalue weighted by Gasteiger charge is 2.08. The molecule has 0 amide bonds. The molecule has 1 aromatic heterocycles. The van der Waals surface area contributed by atoms with Gasteiger partial charge < -0.3 is 14.6 Å². The van der Waals surface area contributed by atoms with E-state index in [1.54, 1.807) is 0 Å². The van der Waals surface area contributed by atoms with Crippen molar-refractivity contribution in [3.05, 3.63) is 38.9 Å². The van der Waals surface area contributed by atoms with Gasteiger partial charge in [-0.2, -0.15) is 4.98 Å². The molecule has 0 bridgehead atoms. The van der Waals surface area contributed by atoms with Crippen LogP contribution >= 0.6 is 31.9 Å². The van der Waals surface area contributed by atoms with Crippen LogP contribution in [0.2, 0.25) is 0 Å². The van der Waals surface area contributed by atoms with Gasteiger partial charge in [-0.15, -0.1) is 0 Å². The van der Waals surface area contributed by atoms with Gasteiger partial charge in [0.2, 0.25) is 5.89 Å². The highest BCUT2D eigenvalue weighted by Crippen LogP contribution is 2.34. The predicted molar refractivity (Wildman–Crippen MR) is 82.7 cm³/mol. The number of hydrogen-bond acceptors (Lipinski definition) is 5. The first-order valence-electron chi connectivity index (χ1n) is 6.27. The standard InChI is InChI=1S/C13H15Br2N3O2/c1-2-19-13-10(14)5-9(6-11(13)15)7-16-4-3-12-17-8-18-20-12/h5-6,8,16H,2-4,7H2,1H3. The van der Waals surface area contributed by atoms with Crippen LogP contribution in [0, 0.1) is 0 Å². The van der Waals surface area contributed by atoms with Crippen LogP contribution < -0.4 is 10.1 Å². The monoisotopic (exact) mass is 403 g/mol. The van der Waals surface area contributed by atoms with Crippen molar-refractivity contribution < 1.29 is 9.26 Å². The summed E-state index contributed by atoms with van der Waals surface area (Å²) >= 11 is 7.05. The van der Waals surface area contributed by atoms with Crippen molar-refractivity contribution in [1.29, 1.82) is 0 Å². The average Bonchev–Trinajstić information content (AvgIpc) is 2.92. The first-order valence-corrected chi connectivity index (χ1v) is 7.86. The zero-order chi connectivity index (χ0) is 14.4. The Morgan fingerprint density at radius 2 is 2.05 bits per heavy atom. The lowest BCUT2D eigenvalue weighted by Crippen LogP contribution is -2.16. The molecule has 0 unspecified atom stereocenters. The van der Waals surface area contributed by atoms with E-state index in [0.29, 0.717) is 12.5 Å². The van der Waals surface area contributed by atoms with E-state index in [-0.39, 0.29) is 0 Å². The highest BCUT2D eigenvalue weighted by atomic mass is 79.9. The summed E-state index contributed by atoms with van der Waals surface area (Å²) < 4.78 is 12.4. The normalized spacial score (nSPS) is 10.8. The Hall–Kier alpha value is -0.920. The maximum Gasteiger partial charge on any atom is 0.227 e. The number of aromatic nitrogens is 2. The molecule has 0 fully saturated rings. The second-order valence-corrected chi connectivity index (χ2v) is 5.79. The SMILES string of the molecule is CCOc1c(Br)cc(CNCCc2ncno2)cc1Br. The number of ether oxygens (including phenoxy) is 1. The van der Waals surface area contributed by atoms with Gasteiger partial charge >= 0.3 is 0 Å². The quantitative estimate of drug-likeness (QED) is 0.717. The third-order valence-corrected chi connectivity index (χ3v) is 3.78. The number of nitrogens with one attached hydrogen (secondary N) is 1. The Bertz CT molecular complexity index is 524. The Morgan fingerprint density at radius 1 is 1.30 bits per heavy atom. The lowest BCUT2D eigenvalue weighted by molar-refractivity contribution is 0.336. The molecule has 7 heteroatoms. The van der Waals surface area contributed by atoms with Crippen molar-refractivity contribution in [2.75, 3.05) is 13.2 Å². The van der Waals surface area contributed by atoms with Crippen molar-refractivity contribution in [3.63, 3.8) is 0 Å². The van der Waals surface area contributed by atoms with Crippen LogP contribution in [0.3, 0.4) is 0 Å². The van der Waals surface area contributed by atoms with Crippen molar-refractivity contribution in [2.45, 2.75) is 19.9 Å². The second-order valence-electron chi connectivity index (χ2n) is 4.08. The van der Waals surface area contributed by atoms with Crippen molar-refractivity contribution in [3.8, 4) is 5.75 Å². The van der Waals surface area contributed by atoms with Crippen LogP contribution in [0.1, 0.15) is 18.4 Å². The molecule has 108 valence electrons. The van der Waals surface area contributed by atoms with Crippen molar-refractivity contribution >= 4 is 31.9 Å². The van der Waals surface area contributed by atoms with Gasteiger partial charge in [0.25, 0.3) is 0 Å². The van der Waals surface area contributed by atoms with E-state index in [1.165, 1.54) is 6.33 Å². The van der Waals surface area contributed by atoms with Crippen LogP contribution in [0.15, 0.2) is 31.9 Å². The van der Waals surface area contributed by atoms with E-state index in [0.717, 1.165) is 39.8 Å². The lowest BCUT2D eigenvalue weighted by atomic mass is 10.2. The molecule has 0 saturated heterocycles. The minimum atomic E-state index is 0.638. The van der Waals surface area contributed by atoms with Crippen LogP contribution in [-0.2, 0) is 13.0 Å². The third-order valence-electron chi connectivity index (χ3n) is 2.60. The van der Waals surface area contributed by atoms with E-state index in [1.807, 2.05) is 6.92 Å². The molecule has 5 nitrogen and oxygen atoms in total. The van der Waals surface area contributed by atoms with Crippen LogP contribution in [-0.4, -0.2) is 23.3 Å². The number of halogens is 2. The van der Waals surface area contributed by atoms with Crippen molar-refractivity contribution in [2.24, 2.45) is 0 Å². The molecule has 0 aliphatic carbocycles. The average molecular weight is 405 g/mol. The molecule has 0 saturated carbocycles. The first kappa shape index (κ1) is 15.5. The van der Waals surface area contributed by atoms with Crippen LogP contribution in [0.4, 0.5) is 0 Å². The smallest absolute Gasteiger partial charge is 0.227 e. The Labute approximate surface area is 134 Å². The van der Waals surface area contributed by atoms with Gasteiger partial charge in [-0.25, -0.2) is 0 Å². The topological polar surface area (TPSA) is 60.2 Å². The number of rotatable bonds is 7. The minimum Gasteiger partial charge on any atom is -0.492 e. The first-order chi connectivity index (χ1) is 9.70. The van der Waals surface area contributed by atoms with Gasteiger partial charge in [-0.1, -0.05) is 5.16 Å². The fraction of sp³-hybridized carbons (Fsp3) is 0.385. The molecule has 1 heterocycles. The summed E-state index contributed by atoms with van der Waals surface area (Å²) in [4.78, 5) is 3.97. The number of hydrogen-bond donors (Lipinski definition) is 1. The van der Waals surface area contributed by atoms with E-state index < -0.39 is 0 Å². The maximum atomic E-state index is 5.56. The summed E-state index contributed by atoms with van der Waals surface area (Å²) in [5.41, 5.74) is 1.16. The highest BCUT2D eigenvalue weighted by molar-refractivity contribution is 9.11. The van der Waals surface area contributed by atoms with Crippen molar-refractivity contribution in [1.82, 2.24) is 15.5 Å². The van der Waals surface area contributed by atoms with Crippen LogP contribution in [0.25, 0.3) is 0 Å². The molecule has 2 rings (SSSR count). The maximum absolute atomic E-state index is 5.56. The molecule has 2 aromatic rings. The van der Waals surface area contributed by atoms with E-state index in [2.05, 4.69) is 59.5 Å². The molecule has 0 aliphatic heterocycles. The molecule has 0 aliphatic rings. The zero-order valence-electron chi connectivity index (χ0n) is 11.0. The third kappa shape index (κ3) is 4.29. The largest absolute Gasteiger partial charge is 0.492 e. The summed E-state index contributed by atoms with van der Waals surface area (Å²) in [6.07, 6.45) is 2.13. The Morgan fingerprint density at radius 3 is 2.65 bits per heavy atom. The summed E-state index contributed by atoms with van der Waals surface area (Å²) in [7, 11) is 0. The zero-order valence-corrected chi connectivity index (χ0v) is 14.2. The van der Waals surface area contributed by atoms with E-state index >= 15 is 0 Å². The molecule has 0 atom stereocenters. The van der Waals surface area contributed by atoms with Gasteiger partial charge in [-0.05, 0) is 56.5 Å². The van der Waals surface area contributed by atoms with E-state index in [4.69, 9.17) is 9.26 Å². The molecular weight excluding hydrogens is 390 g/mol. The van der Waals surface area contributed by atoms with Gasteiger partial charge in [-0.3, -0.25) is 0 Å². The van der Waals surface area contributed by atoms with E-state index in [9.17, 15) is 0 Å². The van der Waals surface area contributed by atoms with Gasteiger partial charge in [0.1, 0.15) is 5.75 Å². The lowest BCUT2D eigenvalue weighted by Gasteiger charge is -2.11. The summed E-state index contributed by atoms with van der Waals surface area (Å²) in [5.74, 6) is 1.48. The summed E-state index contributed by atoms with van der Waals surface area (Å²) in [6, 6.07) is 4.10. The minimum absolute atomic E-state index is 0.638. The summed E-state index contributed by atoms with van der Waals surface area (Å²) in [5, 5.41) is 6.90. The summed E-state index contributed by atoms with van der Waals surface area (Å²) in [6.45, 7) is 4.15. The predicted octanol–water partition coefficient (Wildman–Crippen LogP) is 3.33. The van der Waals surface area contributed by atoms with Gasteiger partial charge in [0.05, 0.1) is 15.6 Å². The molecular formula is C13H15Br2N3O2. The molecule has 20 heavy (non-hydrogen) atoms. The molecule has 1 N–H and O–H groups in total. The molecule has 0 radical (unpaired) electrons. The Balaban J connectivity index is 1.86. The fourth-order valence-electron chi connectivity index (χ4n) is 1.73. The Kier molecular flexibility index (Phi) is 6.00.